The van der Waals surface area contributed by atoms with Gasteiger partial charge in [0.1, 0.15) is 0 Å². The molecule has 0 saturated carbocycles. The Labute approximate surface area is 119 Å². The maximum atomic E-state index is 12.4. The van der Waals surface area contributed by atoms with Gasteiger partial charge in [0.2, 0.25) is 0 Å². The molecule has 5 nitrogen and oxygen atoms in total. The Morgan fingerprint density at radius 2 is 1.81 bits per heavy atom. The van der Waals surface area contributed by atoms with Gasteiger partial charge in [0.25, 0.3) is 9.84 Å². The van der Waals surface area contributed by atoms with Crippen LogP contribution in [-0.2, 0) is 16.4 Å². The predicted octanol–water partition coefficient (Wildman–Crippen LogP) is 2.94. The van der Waals surface area contributed by atoms with Gasteiger partial charge in [0.05, 0.1) is 16.8 Å². The van der Waals surface area contributed by atoms with Crippen molar-refractivity contribution in [2.75, 3.05) is 5.32 Å². The molecule has 21 heavy (non-hydrogen) atoms. The van der Waals surface area contributed by atoms with Gasteiger partial charge in [-0.1, -0.05) is 0 Å². The Balaban J connectivity index is 2.20. The molecule has 0 aliphatic carbocycles. The van der Waals surface area contributed by atoms with Crippen LogP contribution in [0, 0.1) is 0 Å². The lowest BCUT2D eigenvalue weighted by atomic mass is 10.3. The molecule has 0 aliphatic rings. The first-order chi connectivity index (χ1) is 9.74. The zero-order valence-corrected chi connectivity index (χ0v) is 11.7. The third kappa shape index (κ3) is 3.18. The third-order valence-corrected chi connectivity index (χ3v) is 4.22. The van der Waals surface area contributed by atoms with Gasteiger partial charge >= 0.3 is 5.51 Å². The van der Waals surface area contributed by atoms with E-state index in [2.05, 4.69) is 10.4 Å². The number of hydrogen-bond acceptors (Lipinski definition) is 4. The molecular formula is C12H12F3N3O2S. The van der Waals surface area contributed by atoms with Crippen molar-refractivity contribution in [1.29, 1.82) is 0 Å². The number of nitrogens with zero attached hydrogens (tertiary/aromatic N) is 2. The monoisotopic (exact) mass is 319 g/mol. The molecule has 1 aromatic carbocycles. The second-order valence-electron chi connectivity index (χ2n) is 4.18. The first-order valence-corrected chi connectivity index (χ1v) is 7.43. The first kappa shape index (κ1) is 15.4. The van der Waals surface area contributed by atoms with Crippen LogP contribution < -0.4 is 5.32 Å². The number of anilines is 2. The van der Waals surface area contributed by atoms with Crippen LogP contribution in [0.1, 0.15) is 6.92 Å². The van der Waals surface area contributed by atoms with E-state index in [-0.39, 0.29) is 0 Å². The molecule has 0 atom stereocenters. The van der Waals surface area contributed by atoms with Gasteiger partial charge < -0.3 is 5.32 Å². The minimum absolute atomic E-state index is 0.465. The Hall–Kier alpha value is -2.03. The van der Waals surface area contributed by atoms with E-state index in [1.807, 2.05) is 6.92 Å². The highest BCUT2D eigenvalue weighted by Crippen LogP contribution is 2.31. The van der Waals surface area contributed by atoms with Crippen LogP contribution in [-0.4, -0.2) is 23.7 Å². The van der Waals surface area contributed by atoms with Crippen molar-refractivity contribution in [3.05, 3.63) is 36.7 Å². The molecule has 0 aliphatic heterocycles. The molecule has 0 radical (unpaired) electrons. The van der Waals surface area contributed by atoms with Gasteiger partial charge in [-0.2, -0.15) is 18.3 Å². The van der Waals surface area contributed by atoms with E-state index < -0.39 is 20.2 Å². The normalized spacial score (nSPS) is 12.4. The number of alkyl halides is 3. The summed E-state index contributed by atoms with van der Waals surface area (Å²) in [6, 6.07) is 4.36. The van der Waals surface area contributed by atoms with Crippen LogP contribution in [0.25, 0.3) is 0 Å². The summed E-state index contributed by atoms with van der Waals surface area (Å²) in [5, 5.41) is 6.95. The zero-order chi connectivity index (χ0) is 15.7. The second-order valence-corrected chi connectivity index (χ2v) is 6.12. The van der Waals surface area contributed by atoms with E-state index in [0.29, 0.717) is 17.9 Å². The zero-order valence-electron chi connectivity index (χ0n) is 10.9. The second kappa shape index (κ2) is 5.40. The number of benzene rings is 1. The summed E-state index contributed by atoms with van der Waals surface area (Å²) in [7, 11) is -5.31. The van der Waals surface area contributed by atoms with Gasteiger partial charge in [0, 0.05) is 18.4 Å². The van der Waals surface area contributed by atoms with Gasteiger partial charge in [-0.25, -0.2) is 8.42 Å². The first-order valence-electron chi connectivity index (χ1n) is 5.95. The summed E-state index contributed by atoms with van der Waals surface area (Å²) in [5.41, 5.74) is -4.18. The topological polar surface area (TPSA) is 64.0 Å². The van der Waals surface area contributed by atoms with Crippen molar-refractivity contribution in [2.45, 2.75) is 23.9 Å². The molecule has 1 aromatic heterocycles. The quantitative estimate of drug-likeness (QED) is 0.941. The number of sulfone groups is 1. The summed E-state index contributed by atoms with van der Waals surface area (Å²) in [6.45, 7) is 2.60. The average molecular weight is 319 g/mol. The summed E-state index contributed by atoms with van der Waals surface area (Å²) in [6.07, 6.45) is 3.28. The fraction of sp³-hybridized carbons (Fsp3) is 0.250. The highest BCUT2D eigenvalue weighted by molar-refractivity contribution is 7.92. The molecular weight excluding hydrogens is 307 g/mol. The molecule has 0 unspecified atom stereocenters. The minimum atomic E-state index is -5.31. The molecule has 0 spiro atoms. The molecule has 2 aromatic rings. The molecule has 2 rings (SSSR count). The Morgan fingerprint density at radius 1 is 1.19 bits per heavy atom. The SMILES string of the molecule is CCn1cc(Nc2ccc(S(=O)(=O)C(F)(F)F)cc2)cn1. The fourth-order valence-electron chi connectivity index (χ4n) is 1.62. The van der Waals surface area contributed by atoms with E-state index in [1.54, 1.807) is 17.1 Å². The predicted molar refractivity (Wildman–Crippen MR) is 70.9 cm³/mol. The van der Waals surface area contributed by atoms with E-state index in [4.69, 9.17) is 0 Å². The molecule has 0 bridgehead atoms. The summed E-state index contributed by atoms with van der Waals surface area (Å²) in [4.78, 5) is -0.787. The summed E-state index contributed by atoms with van der Waals surface area (Å²) < 4.78 is 61.3. The summed E-state index contributed by atoms with van der Waals surface area (Å²) in [5.74, 6) is 0. The number of aromatic nitrogens is 2. The smallest absolute Gasteiger partial charge is 0.353 e. The van der Waals surface area contributed by atoms with Crippen molar-refractivity contribution in [3.8, 4) is 0 Å². The lowest BCUT2D eigenvalue weighted by molar-refractivity contribution is -0.0436. The van der Waals surface area contributed by atoms with Crippen LogP contribution in [0.3, 0.4) is 0 Å². The van der Waals surface area contributed by atoms with E-state index in [1.165, 1.54) is 12.1 Å². The van der Waals surface area contributed by atoms with Crippen molar-refractivity contribution >= 4 is 21.2 Å². The maximum Gasteiger partial charge on any atom is 0.501 e. The molecule has 9 heteroatoms. The Kier molecular flexibility index (Phi) is 3.95. The highest BCUT2D eigenvalue weighted by Gasteiger charge is 2.46. The molecule has 114 valence electrons. The maximum absolute atomic E-state index is 12.4. The van der Waals surface area contributed by atoms with Gasteiger partial charge in [-0.3, -0.25) is 4.68 Å². The average Bonchev–Trinajstić information content (AvgIpc) is 2.86. The van der Waals surface area contributed by atoms with E-state index in [9.17, 15) is 21.6 Å². The van der Waals surface area contributed by atoms with E-state index in [0.717, 1.165) is 12.1 Å². The molecule has 0 fully saturated rings. The number of halogens is 3. The van der Waals surface area contributed by atoms with Crippen LogP contribution >= 0.6 is 0 Å². The van der Waals surface area contributed by atoms with Gasteiger partial charge in [0.15, 0.2) is 0 Å². The Bertz CT molecular complexity index is 721. The van der Waals surface area contributed by atoms with Crippen molar-refractivity contribution in [3.63, 3.8) is 0 Å². The lowest BCUT2D eigenvalue weighted by Crippen LogP contribution is -2.23. The lowest BCUT2D eigenvalue weighted by Gasteiger charge is -2.09. The highest BCUT2D eigenvalue weighted by atomic mass is 32.2. The number of aryl methyl sites for hydroxylation is 1. The number of nitrogens with one attached hydrogen (secondary N) is 1. The van der Waals surface area contributed by atoms with Gasteiger partial charge in [-0.05, 0) is 31.2 Å². The molecule has 1 N–H and O–H groups in total. The number of rotatable bonds is 4. The number of hydrogen-bond donors (Lipinski definition) is 1. The van der Waals surface area contributed by atoms with E-state index >= 15 is 0 Å². The Morgan fingerprint density at radius 3 is 2.29 bits per heavy atom. The molecule has 0 amide bonds. The van der Waals surface area contributed by atoms with Crippen molar-refractivity contribution in [1.82, 2.24) is 9.78 Å². The largest absolute Gasteiger partial charge is 0.501 e. The molecule has 0 saturated heterocycles. The van der Waals surface area contributed by atoms with Crippen LogP contribution in [0.2, 0.25) is 0 Å². The van der Waals surface area contributed by atoms with Gasteiger partial charge in [-0.15, -0.1) is 0 Å². The van der Waals surface area contributed by atoms with Crippen LogP contribution in [0.5, 0.6) is 0 Å². The van der Waals surface area contributed by atoms with Crippen molar-refractivity contribution in [2.24, 2.45) is 0 Å². The van der Waals surface area contributed by atoms with Crippen LogP contribution in [0.4, 0.5) is 24.5 Å². The minimum Gasteiger partial charge on any atom is -0.353 e. The molecule has 1 heterocycles. The summed E-state index contributed by atoms with van der Waals surface area (Å²) >= 11 is 0. The third-order valence-electron chi connectivity index (χ3n) is 2.72. The standard InChI is InChI=1S/C12H12F3N3O2S/c1-2-18-8-10(7-16-18)17-9-3-5-11(6-4-9)21(19,20)12(13,14)15/h3-8,17H,2H2,1H3. The van der Waals surface area contributed by atoms with Crippen LogP contribution in [0.15, 0.2) is 41.6 Å². The fourth-order valence-corrected chi connectivity index (χ4v) is 2.38. The van der Waals surface area contributed by atoms with Crippen molar-refractivity contribution < 1.29 is 21.6 Å².